The van der Waals surface area contributed by atoms with Crippen LogP contribution in [0.15, 0.2) is 42.5 Å². The number of aryl methyl sites for hydroxylation is 1. The third kappa shape index (κ3) is 5.35. The first-order valence-electron chi connectivity index (χ1n) is 7.26. The van der Waals surface area contributed by atoms with Gasteiger partial charge < -0.3 is 16.0 Å². The van der Waals surface area contributed by atoms with Crippen LogP contribution >= 0.6 is 0 Å². The van der Waals surface area contributed by atoms with E-state index in [9.17, 15) is 18.4 Å². The number of anilines is 1. The molecule has 3 amide bonds. The summed E-state index contributed by atoms with van der Waals surface area (Å²) in [6.45, 7) is 2.01. The predicted octanol–water partition coefficient (Wildman–Crippen LogP) is 2.71. The van der Waals surface area contributed by atoms with Crippen molar-refractivity contribution in [2.24, 2.45) is 0 Å². The molecule has 0 atom stereocenters. The molecule has 126 valence electrons. The minimum absolute atomic E-state index is 0.112. The molecule has 0 fully saturated rings. The van der Waals surface area contributed by atoms with Gasteiger partial charge >= 0.3 is 6.03 Å². The van der Waals surface area contributed by atoms with Gasteiger partial charge in [0.2, 0.25) is 5.91 Å². The third-order valence-corrected chi connectivity index (χ3v) is 3.19. The van der Waals surface area contributed by atoms with Crippen LogP contribution < -0.4 is 16.0 Å². The summed E-state index contributed by atoms with van der Waals surface area (Å²) in [6.07, 6.45) is 0. The molecule has 0 unspecified atom stereocenters. The van der Waals surface area contributed by atoms with E-state index in [4.69, 9.17) is 0 Å². The van der Waals surface area contributed by atoms with E-state index in [1.807, 2.05) is 31.2 Å². The van der Waals surface area contributed by atoms with Gasteiger partial charge in [0.1, 0.15) is 0 Å². The minimum atomic E-state index is -1.06. The van der Waals surface area contributed by atoms with Crippen LogP contribution in [0.1, 0.15) is 11.1 Å². The van der Waals surface area contributed by atoms with E-state index < -0.39 is 23.6 Å². The number of rotatable bonds is 5. The Balaban J connectivity index is 1.73. The standard InChI is InChI=1S/C17H17F2N3O2/c1-11-2-4-12(5-3-11)9-20-17(24)21-10-16(23)22-13-6-7-14(18)15(19)8-13/h2-8H,9-10H2,1H3,(H,22,23)(H2,20,21,24). The van der Waals surface area contributed by atoms with Gasteiger partial charge in [0.15, 0.2) is 11.6 Å². The average Bonchev–Trinajstić information content (AvgIpc) is 2.56. The van der Waals surface area contributed by atoms with Crippen molar-refractivity contribution in [2.75, 3.05) is 11.9 Å². The second kappa shape index (κ2) is 8.05. The van der Waals surface area contributed by atoms with Crippen molar-refractivity contribution in [3.05, 3.63) is 65.2 Å². The fourth-order valence-electron chi connectivity index (χ4n) is 1.89. The van der Waals surface area contributed by atoms with Crippen molar-refractivity contribution in [1.29, 1.82) is 0 Å². The molecule has 24 heavy (non-hydrogen) atoms. The molecule has 0 saturated heterocycles. The molecule has 2 aromatic carbocycles. The van der Waals surface area contributed by atoms with Gasteiger partial charge in [-0.25, -0.2) is 13.6 Å². The fraction of sp³-hybridized carbons (Fsp3) is 0.176. The lowest BCUT2D eigenvalue weighted by molar-refractivity contribution is -0.115. The number of carbonyl (C=O) groups excluding carboxylic acids is 2. The SMILES string of the molecule is Cc1ccc(CNC(=O)NCC(=O)Nc2ccc(F)c(F)c2)cc1. The maximum absolute atomic E-state index is 13.0. The molecule has 2 rings (SSSR count). The highest BCUT2D eigenvalue weighted by molar-refractivity contribution is 5.94. The Labute approximate surface area is 138 Å². The van der Waals surface area contributed by atoms with Gasteiger partial charge in [-0.1, -0.05) is 29.8 Å². The number of benzene rings is 2. The Morgan fingerprint density at radius 1 is 0.958 bits per heavy atom. The topological polar surface area (TPSA) is 70.2 Å². The van der Waals surface area contributed by atoms with Crippen LogP contribution in [0.25, 0.3) is 0 Å². The summed E-state index contributed by atoms with van der Waals surface area (Å²) in [7, 11) is 0. The highest BCUT2D eigenvalue weighted by Gasteiger charge is 2.08. The van der Waals surface area contributed by atoms with Crippen molar-refractivity contribution in [1.82, 2.24) is 10.6 Å². The Morgan fingerprint density at radius 2 is 1.67 bits per heavy atom. The van der Waals surface area contributed by atoms with E-state index in [1.54, 1.807) is 0 Å². The normalized spacial score (nSPS) is 10.1. The average molecular weight is 333 g/mol. The van der Waals surface area contributed by atoms with Gasteiger partial charge in [-0.15, -0.1) is 0 Å². The Bertz CT molecular complexity index is 733. The van der Waals surface area contributed by atoms with Gasteiger partial charge in [0, 0.05) is 18.3 Å². The van der Waals surface area contributed by atoms with E-state index >= 15 is 0 Å². The number of amides is 3. The van der Waals surface area contributed by atoms with Crippen molar-refractivity contribution in [3.63, 3.8) is 0 Å². The fourth-order valence-corrected chi connectivity index (χ4v) is 1.89. The smallest absolute Gasteiger partial charge is 0.315 e. The number of hydrogen-bond acceptors (Lipinski definition) is 2. The van der Waals surface area contributed by atoms with E-state index in [0.717, 1.165) is 23.3 Å². The lowest BCUT2D eigenvalue weighted by Crippen LogP contribution is -2.39. The van der Waals surface area contributed by atoms with Gasteiger partial charge in [-0.2, -0.15) is 0 Å². The molecule has 5 nitrogen and oxygen atoms in total. The number of carbonyl (C=O) groups is 2. The molecular weight excluding hydrogens is 316 g/mol. The van der Waals surface area contributed by atoms with Crippen molar-refractivity contribution < 1.29 is 18.4 Å². The molecule has 0 aliphatic rings. The molecule has 2 aromatic rings. The zero-order valence-electron chi connectivity index (χ0n) is 13.0. The largest absolute Gasteiger partial charge is 0.334 e. The highest BCUT2D eigenvalue weighted by Crippen LogP contribution is 2.12. The molecule has 0 spiro atoms. The molecule has 0 saturated carbocycles. The minimum Gasteiger partial charge on any atom is -0.334 e. The van der Waals surface area contributed by atoms with E-state index in [1.165, 1.54) is 6.07 Å². The third-order valence-electron chi connectivity index (χ3n) is 3.19. The summed E-state index contributed by atoms with van der Waals surface area (Å²) in [4.78, 5) is 23.3. The summed E-state index contributed by atoms with van der Waals surface area (Å²) in [5.74, 6) is -2.61. The van der Waals surface area contributed by atoms with E-state index in [2.05, 4.69) is 16.0 Å². The summed E-state index contributed by atoms with van der Waals surface area (Å²) in [5, 5.41) is 7.35. The zero-order valence-corrected chi connectivity index (χ0v) is 13.0. The molecule has 0 aliphatic carbocycles. The lowest BCUT2D eigenvalue weighted by atomic mass is 10.1. The molecular formula is C17H17F2N3O2. The number of hydrogen-bond donors (Lipinski definition) is 3. The summed E-state index contributed by atoms with van der Waals surface area (Å²) in [6, 6.07) is 10.2. The monoisotopic (exact) mass is 333 g/mol. The molecule has 3 N–H and O–H groups in total. The summed E-state index contributed by atoms with van der Waals surface area (Å²) >= 11 is 0. The van der Waals surface area contributed by atoms with Crippen LogP contribution in [0.3, 0.4) is 0 Å². The predicted molar refractivity (Wildman–Crippen MR) is 86.4 cm³/mol. The second-order valence-corrected chi connectivity index (χ2v) is 5.20. The molecule has 0 aliphatic heterocycles. The van der Waals surface area contributed by atoms with Gasteiger partial charge in [-0.3, -0.25) is 4.79 Å². The first kappa shape index (κ1) is 17.4. The Morgan fingerprint density at radius 3 is 2.33 bits per heavy atom. The Hall–Kier alpha value is -2.96. The summed E-state index contributed by atoms with van der Waals surface area (Å²) < 4.78 is 25.8. The van der Waals surface area contributed by atoms with Crippen LogP contribution in [0.4, 0.5) is 19.3 Å². The van der Waals surface area contributed by atoms with Crippen molar-refractivity contribution in [3.8, 4) is 0 Å². The first-order chi connectivity index (χ1) is 11.4. The molecule has 0 aromatic heterocycles. The van der Waals surface area contributed by atoms with Crippen LogP contribution in [0.5, 0.6) is 0 Å². The van der Waals surface area contributed by atoms with Crippen LogP contribution in [-0.4, -0.2) is 18.5 Å². The van der Waals surface area contributed by atoms with E-state index in [-0.39, 0.29) is 12.2 Å². The van der Waals surface area contributed by atoms with Gasteiger partial charge in [-0.05, 0) is 24.6 Å². The molecule has 7 heteroatoms. The first-order valence-corrected chi connectivity index (χ1v) is 7.26. The zero-order chi connectivity index (χ0) is 17.5. The van der Waals surface area contributed by atoms with Crippen molar-refractivity contribution >= 4 is 17.6 Å². The maximum Gasteiger partial charge on any atom is 0.315 e. The lowest BCUT2D eigenvalue weighted by Gasteiger charge is -2.09. The van der Waals surface area contributed by atoms with Crippen LogP contribution in [0.2, 0.25) is 0 Å². The maximum atomic E-state index is 13.0. The Kier molecular flexibility index (Phi) is 5.83. The second-order valence-electron chi connectivity index (χ2n) is 5.20. The van der Waals surface area contributed by atoms with E-state index in [0.29, 0.717) is 6.54 Å². The molecule has 0 bridgehead atoms. The van der Waals surface area contributed by atoms with Crippen molar-refractivity contribution in [2.45, 2.75) is 13.5 Å². The molecule has 0 heterocycles. The van der Waals surface area contributed by atoms with Crippen LogP contribution in [0, 0.1) is 18.6 Å². The van der Waals surface area contributed by atoms with Gasteiger partial charge in [0.25, 0.3) is 0 Å². The number of urea groups is 1. The molecule has 0 radical (unpaired) electrons. The number of nitrogens with one attached hydrogen (secondary N) is 3. The highest BCUT2D eigenvalue weighted by atomic mass is 19.2. The quantitative estimate of drug-likeness (QED) is 0.787. The summed E-state index contributed by atoms with van der Waals surface area (Å²) in [5.41, 5.74) is 2.17. The van der Waals surface area contributed by atoms with Crippen LogP contribution in [-0.2, 0) is 11.3 Å². The van der Waals surface area contributed by atoms with Gasteiger partial charge in [0.05, 0.1) is 6.54 Å². The number of halogens is 2.